The number of carboxylic acids is 1. The fourth-order valence-corrected chi connectivity index (χ4v) is 8.53. The van der Waals surface area contributed by atoms with Gasteiger partial charge in [0, 0.05) is 12.1 Å². The Bertz CT molecular complexity index is 2280. The summed E-state index contributed by atoms with van der Waals surface area (Å²) in [6.45, 7) is 0.991. The summed E-state index contributed by atoms with van der Waals surface area (Å²) in [4.78, 5) is 39.9. The number of rotatable bonds is 8. The van der Waals surface area contributed by atoms with E-state index in [1.807, 2.05) is 12.1 Å². The van der Waals surface area contributed by atoms with Gasteiger partial charge in [0.05, 0.1) is 24.3 Å². The molecule has 49 heavy (non-hydrogen) atoms. The van der Waals surface area contributed by atoms with Crippen molar-refractivity contribution in [2.45, 2.75) is 43.2 Å². The number of aromatic nitrogens is 1. The standard InChI is InChI=1S/C36H29F3N2O7S/c1-21-32(35(44)45)41-33(43)30(20-42)29(18-24-9-5-8-23-7-3-4-12-28(23)24)31(25-10-6-11-26(17-25)36(37,38)39)34(41)49(46,47)40(21)19-22-13-15-27(48-2)16-14-22/h3-17,20-21,32H,18-19H2,1-2H3,(H,44,45). The quantitative estimate of drug-likeness (QED) is 0.189. The van der Waals surface area contributed by atoms with E-state index in [4.69, 9.17) is 4.74 Å². The van der Waals surface area contributed by atoms with E-state index >= 15 is 0 Å². The molecule has 2 atom stereocenters. The van der Waals surface area contributed by atoms with Gasteiger partial charge >= 0.3 is 12.1 Å². The summed E-state index contributed by atoms with van der Waals surface area (Å²) >= 11 is 0. The number of nitrogens with zero attached hydrogens (tertiary/aromatic N) is 2. The van der Waals surface area contributed by atoms with Gasteiger partial charge < -0.3 is 9.84 Å². The predicted molar refractivity (Wildman–Crippen MR) is 175 cm³/mol. The highest BCUT2D eigenvalue weighted by Gasteiger charge is 2.49. The summed E-state index contributed by atoms with van der Waals surface area (Å²) in [5, 5.41) is 11.2. The van der Waals surface area contributed by atoms with Crippen LogP contribution in [-0.2, 0) is 34.0 Å². The summed E-state index contributed by atoms with van der Waals surface area (Å²) < 4.78 is 78.4. The van der Waals surface area contributed by atoms with Crippen molar-refractivity contribution in [2.75, 3.05) is 7.11 Å². The molecule has 9 nitrogen and oxygen atoms in total. The highest BCUT2D eigenvalue weighted by Crippen LogP contribution is 2.43. The van der Waals surface area contributed by atoms with Gasteiger partial charge in [-0.3, -0.25) is 14.2 Å². The first-order chi connectivity index (χ1) is 23.3. The Morgan fingerprint density at radius 1 is 0.980 bits per heavy atom. The molecule has 0 fully saturated rings. The minimum atomic E-state index is -4.84. The van der Waals surface area contributed by atoms with Crippen molar-refractivity contribution in [3.05, 3.63) is 129 Å². The average molecular weight is 691 g/mol. The zero-order chi connectivity index (χ0) is 35.2. The third-order valence-electron chi connectivity index (χ3n) is 8.85. The first kappa shape index (κ1) is 33.6. The van der Waals surface area contributed by atoms with Gasteiger partial charge in [-0.15, -0.1) is 0 Å². The van der Waals surface area contributed by atoms with Crippen molar-refractivity contribution in [3.63, 3.8) is 0 Å². The number of aldehydes is 1. The van der Waals surface area contributed by atoms with Crippen LogP contribution in [0.15, 0.2) is 101 Å². The van der Waals surface area contributed by atoms with Crippen molar-refractivity contribution < 1.29 is 41.0 Å². The number of ether oxygens (including phenoxy) is 1. The second-order valence-electron chi connectivity index (χ2n) is 11.7. The van der Waals surface area contributed by atoms with E-state index in [9.17, 15) is 41.1 Å². The lowest BCUT2D eigenvalue weighted by atomic mass is 9.90. The van der Waals surface area contributed by atoms with Crippen LogP contribution in [0.1, 0.15) is 45.6 Å². The normalized spacial score (nSPS) is 17.4. The lowest BCUT2D eigenvalue weighted by Gasteiger charge is -2.40. The topological polar surface area (TPSA) is 123 Å². The summed E-state index contributed by atoms with van der Waals surface area (Å²) in [5.74, 6) is -1.08. The van der Waals surface area contributed by atoms with E-state index in [0.717, 1.165) is 27.9 Å². The molecular formula is C36H29F3N2O7S. The smallest absolute Gasteiger partial charge is 0.416 e. The summed E-state index contributed by atoms with van der Waals surface area (Å²) in [6, 6.07) is 19.5. The molecule has 0 bridgehead atoms. The van der Waals surface area contributed by atoms with Crippen LogP contribution in [0, 0.1) is 0 Å². The molecular weight excluding hydrogens is 661 g/mol. The second-order valence-corrected chi connectivity index (χ2v) is 13.5. The van der Waals surface area contributed by atoms with Gasteiger partial charge in [0.2, 0.25) is 0 Å². The number of alkyl halides is 3. The molecule has 0 saturated heterocycles. The van der Waals surface area contributed by atoms with Crippen LogP contribution in [0.5, 0.6) is 5.75 Å². The molecule has 0 aliphatic carbocycles. The molecule has 2 heterocycles. The summed E-state index contributed by atoms with van der Waals surface area (Å²) in [6.07, 6.45) is -4.86. The number of hydrogen-bond acceptors (Lipinski definition) is 6. The van der Waals surface area contributed by atoms with Gasteiger partial charge in [-0.1, -0.05) is 66.7 Å². The number of pyridine rings is 1. The van der Waals surface area contributed by atoms with Gasteiger partial charge in [-0.2, -0.15) is 17.5 Å². The first-order valence-electron chi connectivity index (χ1n) is 15.1. The zero-order valence-electron chi connectivity index (χ0n) is 26.1. The van der Waals surface area contributed by atoms with Gasteiger partial charge in [0.1, 0.15) is 5.75 Å². The summed E-state index contributed by atoms with van der Waals surface area (Å²) in [7, 11) is -3.38. The van der Waals surface area contributed by atoms with Crippen LogP contribution in [0.25, 0.3) is 21.9 Å². The minimum Gasteiger partial charge on any atom is -0.497 e. The second kappa shape index (κ2) is 12.6. The van der Waals surface area contributed by atoms with Crippen LogP contribution in [0.4, 0.5) is 13.2 Å². The number of carboxylic acid groups (broad SMARTS) is 1. The Labute approximate surface area is 278 Å². The van der Waals surface area contributed by atoms with Crippen molar-refractivity contribution in [2.24, 2.45) is 0 Å². The Morgan fingerprint density at radius 2 is 1.65 bits per heavy atom. The molecule has 4 aromatic carbocycles. The van der Waals surface area contributed by atoms with E-state index in [1.54, 1.807) is 54.6 Å². The highest BCUT2D eigenvalue weighted by atomic mass is 32.2. The Balaban J connectivity index is 1.72. The molecule has 2 unspecified atom stereocenters. The fraction of sp³-hybridized carbons (Fsp3) is 0.194. The van der Waals surface area contributed by atoms with E-state index in [2.05, 4.69) is 0 Å². The maximum Gasteiger partial charge on any atom is 0.416 e. The Hall–Kier alpha value is -5.27. The number of aliphatic carboxylic acids is 1. The van der Waals surface area contributed by atoms with Gasteiger partial charge in [-0.05, 0) is 70.6 Å². The van der Waals surface area contributed by atoms with E-state index in [1.165, 1.54) is 20.1 Å². The monoisotopic (exact) mass is 690 g/mol. The molecule has 0 saturated carbocycles. The number of carbonyl (C=O) groups excluding carboxylic acids is 1. The van der Waals surface area contributed by atoms with Crippen molar-refractivity contribution in [1.82, 2.24) is 8.87 Å². The molecule has 1 aromatic heterocycles. The van der Waals surface area contributed by atoms with Crippen LogP contribution in [-0.4, -0.2) is 47.8 Å². The van der Waals surface area contributed by atoms with Crippen molar-refractivity contribution >= 4 is 33.1 Å². The first-order valence-corrected chi connectivity index (χ1v) is 16.5. The largest absolute Gasteiger partial charge is 0.497 e. The number of methoxy groups -OCH3 is 1. The molecule has 252 valence electrons. The number of benzene rings is 4. The molecule has 0 radical (unpaired) electrons. The van der Waals surface area contributed by atoms with Gasteiger partial charge in [0.25, 0.3) is 15.6 Å². The fourth-order valence-electron chi connectivity index (χ4n) is 6.49. The van der Waals surface area contributed by atoms with Crippen molar-refractivity contribution in [3.8, 4) is 16.9 Å². The minimum absolute atomic E-state index is 0.145. The summed E-state index contributed by atoms with van der Waals surface area (Å²) in [5.41, 5.74) is -2.59. The number of halogens is 3. The molecule has 13 heteroatoms. The van der Waals surface area contributed by atoms with Crippen LogP contribution in [0.2, 0.25) is 0 Å². The Morgan fingerprint density at radius 3 is 2.31 bits per heavy atom. The van der Waals surface area contributed by atoms with Crippen molar-refractivity contribution in [1.29, 1.82) is 0 Å². The lowest BCUT2D eigenvalue weighted by Crippen LogP contribution is -2.55. The molecule has 1 aliphatic heterocycles. The highest BCUT2D eigenvalue weighted by molar-refractivity contribution is 7.89. The predicted octanol–water partition coefficient (Wildman–Crippen LogP) is 6.32. The third kappa shape index (κ3) is 5.89. The Kier molecular flexibility index (Phi) is 8.67. The van der Waals surface area contributed by atoms with Crippen LogP contribution < -0.4 is 10.3 Å². The molecule has 0 spiro atoms. The van der Waals surface area contributed by atoms with Gasteiger partial charge in [0.15, 0.2) is 17.4 Å². The molecule has 1 N–H and O–H groups in total. The number of fused-ring (bicyclic) bond motifs is 2. The maximum atomic E-state index is 14.8. The van der Waals surface area contributed by atoms with E-state index in [-0.39, 0.29) is 35.9 Å². The molecule has 0 amide bonds. The SMILES string of the molecule is COc1ccc(CN2C(C)C(C(=O)O)n3c(c(-c4cccc(C(F)(F)F)c4)c(Cc4cccc5ccccc45)c(C=O)c3=O)S2(=O)=O)cc1. The van der Waals surface area contributed by atoms with E-state index < -0.39 is 56.0 Å². The van der Waals surface area contributed by atoms with E-state index in [0.29, 0.717) is 26.8 Å². The van der Waals surface area contributed by atoms with Crippen LogP contribution >= 0.6 is 0 Å². The molecule has 1 aliphatic rings. The average Bonchev–Trinajstić information content (AvgIpc) is 3.07. The maximum absolute atomic E-state index is 14.8. The molecule has 6 rings (SSSR count). The lowest BCUT2D eigenvalue weighted by molar-refractivity contribution is -0.143. The molecule has 5 aromatic rings. The van der Waals surface area contributed by atoms with Crippen LogP contribution in [0.3, 0.4) is 0 Å². The number of sulfonamides is 1. The zero-order valence-corrected chi connectivity index (χ0v) is 27.0. The third-order valence-corrected chi connectivity index (χ3v) is 10.8. The van der Waals surface area contributed by atoms with Gasteiger partial charge in [-0.25, -0.2) is 13.2 Å². The number of hydrogen-bond donors (Lipinski definition) is 1. The number of carbonyl (C=O) groups is 2.